The molecule has 1 heterocycles. The lowest BCUT2D eigenvalue weighted by atomic mass is 9.84. The molecule has 21 heavy (non-hydrogen) atoms. The van der Waals surface area contributed by atoms with Crippen molar-refractivity contribution in [2.24, 2.45) is 5.73 Å². The van der Waals surface area contributed by atoms with E-state index in [4.69, 9.17) is 5.73 Å². The van der Waals surface area contributed by atoms with Crippen molar-refractivity contribution in [3.05, 3.63) is 35.0 Å². The van der Waals surface area contributed by atoms with Gasteiger partial charge in [0.1, 0.15) is 0 Å². The molecule has 0 radical (unpaired) electrons. The van der Waals surface area contributed by atoms with Crippen LogP contribution in [0.5, 0.6) is 0 Å². The maximum Gasteiger partial charge on any atom is 0.335 e. The predicted octanol–water partition coefficient (Wildman–Crippen LogP) is 3.16. The van der Waals surface area contributed by atoms with Gasteiger partial charge in [-0.05, 0) is 35.1 Å². The molecule has 1 aromatic carbocycles. The largest absolute Gasteiger partial charge is 0.478 e. The van der Waals surface area contributed by atoms with Gasteiger partial charge in [-0.25, -0.2) is 4.79 Å². The summed E-state index contributed by atoms with van der Waals surface area (Å²) in [5, 5.41) is 10.4. The molecule has 2 rings (SSSR count). The maximum absolute atomic E-state index is 11.4. The Hall–Kier alpha value is -1.81. The highest BCUT2D eigenvalue weighted by molar-refractivity contribution is 5.97. The minimum atomic E-state index is -0.879. The van der Waals surface area contributed by atoms with Crippen LogP contribution in [0.4, 0.5) is 0 Å². The summed E-state index contributed by atoms with van der Waals surface area (Å²) in [5.74, 6) is -0.879. The van der Waals surface area contributed by atoms with Crippen LogP contribution in [-0.4, -0.2) is 22.2 Å². The van der Waals surface area contributed by atoms with Crippen LogP contribution >= 0.6 is 0 Å². The number of hydrogen-bond donors (Lipinski definition) is 2. The van der Waals surface area contributed by atoms with E-state index in [1.807, 2.05) is 0 Å². The van der Waals surface area contributed by atoms with Gasteiger partial charge < -0.3 is 15.4 Å². The van der Waals surface area contributed by atoms with Crippen molar-refractivity contribution < 1.29 is 9.90 Å². The van der Waals surface area contributed by atoms with Gasteiger partial charge in [0.15, 0.2) is 0 Å². The zero-order chi connectivity index (χ0) is 15.8. The number of benzene rings is 1. The molecule has 0 atom stereocenters. The second-order valence-electron chi connectivity index (χ2n) is 6.47. The summed E-state index contributed by atoms with van der Waals surface area (Å²) < 4.78 is 2.17. The molecule has 2 aromatic rings. The average Bonchev–Trinajstić information content (AvgIpc) is 2.75. The smallest absolute Gasteiger partial charge is 0.335 e. The standard InChI is InChI=1S/C17H24N2O2/c1-5-11-10-19(7-6-18)15-13(11)8-12(16(20)21)9-14(15)17(2,3)4/h8-10H,5-7,18H2,1-4H3,(H,20,21). The summed E-state index contributed by atoms with van der Waals surface area (Å²) in [6, 6.07) is 3.59. The molecular weight excluding hydrogens is 264 g/mol. The molecule has 3 N–H and O–H groups in total. The third-order valence-electron chi connectivity index (χ3n) is 3.86. The second-order valence-corrected chi connectivity index (χ2v) is 6.47. The zero-order valence-electron chi connectivity index (χ0n) is 13.2. The zero-order valence-corrected chi connectivity index (χ0v) is 13.2. The van der Waals surface area contributed by atoms with Crippen molar-refractivity contribution in [3.63, 3.8) is 0 Å². The Bertz CT molecular complexity index is 678. The number of aromatic nitrogens is 1. The lowest BCUT2D eigenvalue weighted by Gasteiger charge is -2.22. The summed E-state index contributed by atoms with van der Waals surface area (Å²) in [6.45, 7) is 9.73. The Kier molecular flexibility index (Phi) is 4.10. The first-order chi connectivity index (χ1) is 9.79. The van der Waals surface area contributed by atoms with Crippen LogP contribution in [0.3, 0.4) is 0 Å². The van der Waals surface area contributed by atoms with Gasteiger partial charge in [0.05, 0.1) is 11.1 Å². The highest BCUT2D eigenvalue weighted by Gasteiger charge is 2.23. The van der Waals surface area contributed by atoms with Gasteiger partial charge in [0, 0.05) is 24.7 Å². The van der Waals surface area contributed by atoms with Crippen LogP contribution in [0.15, 0.2) is 18.3 Å². The number of aromatic carboxylic acids is 1. The molecule has 0 aliphatic heterocycles. The molecule has 0 unspecified atom stereocenters. The van der Waals surface area contributed by atoms with E-state index in [0.29, 0.717) is 12.1 Å². The van der Waals surface area contributed by atoms with Gasteiger partial charge in [-0.2, -0.15) is 0 Å². The topological polar surface area (TPSA) is 68.2 Å². The fraction of sp³-hybridized carbons (Fsp3) is 0.471. The minimum Gasteiger partial charge on any atom is -0.478 e. The van der Waals surface area contributed by atoms with Gasteiger partial charge in [-0.1, -0.05) is 27.7 Å². The summed E-state index contributed by atoms with van der Waals surface area (Å²) in [4.78, 5) is 11.4. The lowest BCUT2D eigenvalue weighted by molar-refractivity contribution is 0.0697. The van der Waals surface area contributed by atoms with E-state index >= 15 is 0 Å². The van der Waals surface area contributed by atoms with E-state index < -0.39 is 5.97 Å². The molecule has 0 aliphatic carbocycles. The Balaban J connectivity index is 2.89. The molecule has 0 saturated carbocycles. The Morgan fingerprint density at radius 3 is 2.48 bits per heavy atom. The SMILES string of the molecule is CCc1cn(CCN)c2c(C(C)(C)C)cc(C(=O)O)cc12. The number of carboxylic acids is 1. The van der Waals surface area contributed by atoms with Crippen molar-refractivity contribution in [2.75, 3.05) is 6.54 Å². The van der Waals surface area contributed by atoms with Crippen LogP contribution in [0, 0.1) is 0 Å². The number of carboxylic acid groups (broad SMARTS) is 1. The van der Waals surface area contributed by atoms with Crippen molar-refractivity contribution >= 4 is 16.9 Å². The molecule has 4 nitrogen and oxygen atoms in total. The quantitative estimate of drug-likeness (QED) is 0.908. The van der Waals surface area contributed by atoms with E-state index in [9.17, 15) is 9.90 Å². The lowest BCUT2D eigenvalue weighted by Crippen LogP contribution is -2.16. The van der Waals surface area contributed by atoms with Crippen molar-refractivity contribution in [3.8, 4) is 0 Å². The number of fused-ring (bicyclic) bond motifs is 1. The van der Waals surface area contributed by atoms with Crippen molar-refractivity contribution in [1.29, 1.82) is 0 Å². The van der Waals surface area contributed by atoms with E-state index in [1.54, 1.807) is 12.1 Å². The summed E-state index contributed by atoms with van der Waals surface area (Å²) in [6.07, 6.45) is 2.99. The van der Waals surface area contributed by atoms with E-state index in [1.165, 1.54) is 5.56 Å². The van der Waals surface area contributed by atoms with E-state index in [0.717, 1.165) is 29.4 Å². The molecule has 0 spiro atoms. The first kappa shape index (κ1) is 15.6. The highest BCUT2D eigenvalue weighted by atomic mass is 16.4. The summed E-state index contributed by atoms with van der Waals surface area (Å²) >= 11 is 0. The Labute approximate surface area is 125 Å². The number of nitrogens with zero attached hydrogens (tertiary/aromatic N) is 1. The second kappa shape index (κ2) is 5.53. The van der Waals surface area contributed by atoms with Crippen molar-refractivity contribution in [2.45, 2.75) is 46.1 Å². The van der Waals surface area contributed by atoms with Crippen LogP contribution in [0.25, 0.3) is 10.9 Å². The van der Waals surface area contributed by atoms with Gasteiger partial charge in [-0.15, -0.1) is 0 Å². The van der Waals surface area contributed by atoms with E-state index in [2.05, 4.69) is 38.5 Å². The van der Waals surface area contributed by atoms with Gasteiger partial charge in [0.2, 0.25) is 0 Å². The van der Waals surface area contributed by atoms with E-state index in [-0.39, 0.29) is 5.41 Å². The first-order valence-electron chi connectivity index (χ1n) is 7.39. The third-order valence-corrected chi connectivity index (χ3v) is 3.86. The third kappa shape index (κ3) is 2.81. The Morgan fingerprint density at radius 2 is 2.00 bits per heavy atom. The fourth-order valence-electron chi connectivity index (χ4n) is 2.80. The van der Waals surface area contributed by atoms with Crippen LogP contribution < -0.4 is 5.73 Å². The summed E-state index contributed by atoms with van der Waals surface area (Å²) in [7, 11) is 0. The highest BCUT2D eigenvalue weighted by Crippen LogP contribution is 2.34. The monoisotopic (exact) mass is 288 g/mol. The fourth-order valence-corrected chi connectivity index (χ4v) is 2.80. The van der Waals surface area contributed by atoms with Gasteiger partial charge in [-0.3, -0.25) is 0 Å². The normalized spacial score (nSPS) is 12.0. The molecule has 1 aromatic heterocycles. The average molecular weight is 288 g/mol. The molecule has 0 bridgehead atoms. The Morgan fingerprint density at radius 1 is 1.33 bits per heavy atom. The molecule has 4 heteroatoms. The summed E-state index contributed by atoms with van der Waals surface area (Å²) in [5.41, 5.74) is 9.31. The molecular formula is C17H24N2O2. The predicted molar refractivity (Wildman–Crippen MR) is 86.0 cm³/mol. The number of carbonyl (C=O) groups is 1. The number of aryl methyl sites for hydroxylation is 1. The van der Waals surface area contributed by atoms with Crippen LogP contribution in [0.1, 0.15) is 49.2 Å². The number of hydrogen-bond acceptors (Lipinski definition) is 2. The first-order valence-corrected chi connectivity index (χ1v) is 7.39. The number of rotatable bonds is 4. The van der Waals surface area contributed by atoms with Gasteiger partial charge >= 0.3 is 5.97 Å². The molecule has 114 valence electrons. The van der Waals surface area contributed by atoms with Crippen LogP contribution in [-0.2, 0) is 18.4 Å². The molecule has 0 aliphatic rings. The molecule has 0 fully saturated rings. The van der Waals surface area contributed by atoms with Crippen molar-refractivity contribution in [1.82, 2.24) is 4.57 Å². The molecule has 0 amide bonds. The van der Waals surface area contributed by atoms with Gasteiger partial charge in [0.25, 0.3) is 0 Å². The molecule has 0 saturated heterocycles. The maximum atomic E-state index is 11.4. The number of nitrogens with two attached hydrogens (primary N) is 1. The van der Waals surface area contributed by atoms with Crippen LogP contribution in [0.2, 0.25) is 0 Å². The minimum absolute atomic E-state index is 0.126.